The van der Waals surface area contributed by atoms with E-state index in [2.05, 4.69) is 0 Å². The maximum absolute atomic E-state index is 13.7. The maximum Gasteiger partial charge on any atom is 0.275 e. The van der Waals surface area contributed by atoms with Gasteiger partial charge in [-0.05, 0) is 35.9 Å². The van der Waals surface area contributed by atoms with E-state index in [0.29, 0.717) is 11.3 Å². The molecule has 0 aliphatic rings. The van der Waals surface area contributed by atoms with Crippen LogP contribution in [0.2, 0.25) is 0 Å². The first-order valence-corrected chi connectivity index (χ1v) is 16.2. The number of ether oxygens (including phenoxy) is 1. The lowest BCUT2D eigenvalue weighted by atomic mass is 9.96. The quantitative estimate of drug-likeness (QED) is 0.215. The number of hydrogen-bond donors (Lipinski definition) is 0. The van der Waals surface area contributed by atoms with Crippen molar-refractivity contribution in [2.45, 2.75) is 65.1 Å². The Kier molecular flexibility index (Phi) is 14.2. The van der Waals surface area contributed by atoms with Crippen LogP contribution in [0.3, 0.4) is 0 Å². The van der Waals surface area contributed by atoms with Gasteiger partial charge in [0.2, 0.25) is 0 Å². The highest BCUT2D eigenvalue weighted by Gasteiger charge is 2.37. The predicted octanol–water partition coefficient (Wildman–Crippen LogP) is 9.73. The third-order valence-corrected chi connectivity index (χ3v) is 7.60. The van der Waals surface area contributed by atoms with Gasteiger partial charge in [0, 0.05) is 40.7 Å². The molecule has 0 spiro atoms. The van der Waals surface area contributed by atoms with Crippen LogP contribution < -0.4 is 4.74 Å². The van der Waals surface area contributed by atoms with Crippen LogP contribution in [0, 0.1) is 29.1 Å². The fourth-order valence-electron chi connectivity index (χ4n) is 3.80. The number of hydrogen-bond acceptors (Lipinski definition) is 4. The summed E-state index contributed by atoms with van der Waals surface area (Å²) in [5.41, 5.74) is 0.445. The number of sulfone groups is 1. The van der Waals surface area contributed by atoms with Crippen molar-refractivity contribution < 1.29 is 39.5 Å². The van der Waals surface area contributed by atoms with Gasteiger partial charge in [-0.15, -0.1) is 0 Å². The molecule has 0 saturated carbocycles. The molecule has 45 heavy (non-hydrogen) atoms. The summed E-state index contributed by atoms with van der Waals surface area (Å²) in [7, 11) is -1.74. The van der Waals surface area contributed by atoms with Gasteiger partial charge >= 0.3 is 0 Å². The van der Waals surface area contributed by atoms with Gasteiger partial charge in [-0.25, -0.2) is 34.8 Å². The van der Waals surface area contributed by atoms with Gasteiger partial charge in [-0.3, -0.25) is 0 Å². The van der Waals surface area contributed by atoms with E-state index in [4.69, 9.17) is 10.00 Å². The molecule has 0 heterocycles. The average Bonchev–Trinajstić information content (AvgIpc) is 2.97. The molecule has 4 nitrogen and oxygen atoms in total. The SMILES string of the molecule is CC(C)C(F)(F)c1cccc(C#N)c1.CC(C)C(F)(F)c1cccc(CS(C)(=O)=O)c1.COc1cccc(C(F)(F)C(C)C)c1. The van der Waals surface area contributed by atoms with Crippen molar-refractivity contribution in [3.63, 3.8) is 0 Å². The molecule has 3 rings (SSSR count). The lowest BCUT2D eigenvalue weighted by molar-refractivity contribution is -0.0518. The molecule has 0 amide bonds. The number of rotatable bonds is 9. The molecule has 248 valence electrons. The number of nitriles is 1. The summed E-state index contributed by atoms with van der Waals surface area (Å²) >= 11 is 0. The Morgan fingerprint density at radius 1 is 0.689 bits per heavy atom. The molecule has 11 heteroatoms. The zero-order chi connectivity index (χ0) is 34.8. The number of nitrogens with zero attached hydrogens (tertiary/aromatic N) is 1. The Hall–Kier alpha value is -3.52. The molecule has 0 N–H and O–H groups in total. The third kappa shape index (κ3) is 11.7. The van der Waals surface area contributed by atoms with E-state index in [1.807, 2.05) is 6.07 Å². The van der Waals surface area contributed by atoms with E-state index < -0.39 is 45.4 Å². The normalized spacial score (nSPS) is 12.2. The molecular formula is C34H41F6NO3S. The molecule has 0 atom stereocenters. The predicted molar refractivity (Wildman–Crippen MR) is 165 cm³/mol. The van der Waals surface area contributed by atoms with Gasteiger partial charge in [0.25, 0.3) is 17.8 Å². The molecule has 3 aromatic rings. The second kappa shape index (κ2) is 16.2. The van der Waals surface area contributed by atoms with Gasteiger partial charge in [0.05, 0.1) is 24.5 Å². The van der Waals surface area contributed by atoms with Crippen LogP contribution in [0.4, 0.5) is 26.3 Å². The maximum atomic E-state index is 13.7. The standard InChI is InChI=1S/C12H16F2O2S.C11H11F2N.C11H14F2O/c1-9(2)12(13,14)11-6-4-5-10(7-11)8-17(3,15)16;1-8(2)11(12,13)10-5-3-4-9(6-10)7-14;1-8(2)11(12,13)9-5-4-6-10(7-9)14-3/h4-7,9H,8H2,1-3H3;3-6,8H,1-2H3;4-8H,1-3H3. The molecule has 0 aromatic heterocycles. The third-order valence-electron chi connectivity index (χ3n) is 6.75. The molecule has 0 aliphatic heterocycles. The van der Waals surface area contributed by atoms with E-state index in [1.54, 1.807) is 18.2 Å². The molecule has 0 bridgehead atoms. The van der Waals surface area contributed by atoms with Crippen molar-refractivity contribution in [1.82, 2.24) is 0 Å². The molecular weight excluding hydrogens is 616 g/mol. The van der Waals surface area contributed by atoms with Gasteiger partial charge in [-0.1, -0.05) is 84.0 Å². The first-order chi connectivity index (χ1) is 20.6. The van der Waals surface area contributed by atoms with Crippen LogP contribution in [0.1, 0.15) is 69.4 Å². The molecule has 0 aliphatic carbocycles. The minimum Gasteiger partial charge on any atom is -0.497 e. The fraction of sp³-hybridized carbons (Fsp3) is 0.441. The molecule has 0 radical (unpaired) electrons. The van der Waals surface area contributed by atoms with Crippen LogP contribution in [-0.4, -0.2) is 21.8 Å². The van der Waals surface area contributed by atoms with Crippen molar-refractivity contribution in [3.05, 3.63) is 101 Å². The number of alkyl halides is 6. The van der Waals surface area contributed by atoms with Crippen molar-refractivity contribution in [2.75, 3.05) is 13.4 Å². The first kappa shape index (κ1) is 39.5. The molecule has 3 aromatic carbocycles. The highest BCUT2D eigenvalue weighted by atomic mass is 32.2. The van der Waals surface area contributed by atoms with Crippen molar-refractivity contribution in [1.29, 1.82) is 5.26 Å². The van der Waals surface area contributed by atoms with E-state index in [1.165, 1.54) is 103 Å². The summed E-state index contributed by atoms with van der Waals surface area (Å²) in [6.07, 6.45) is 1.08. The van der Waals surface area contributed by atoms with Crippen molar-refractivity contribution >= 4 is 9.84 Å². The zero-order valence-electron chi connectivity index (χ0n) is 26.7. The Balaban J connectivity index is 0.000000340. The average molecular weight is 658 g/mol. The van der Waals surface area contributed by atoms with E-state index in [9.17, 15) is 34.8 Å². The Morgan fingerprint density at radius 3 is 1.49 bits per heavy atom. The number of methoxy groups -OCH3 is 1. The zero-order valence-corrected chi connectivity index (χ0v) is 27.5. The topological polar surface area (TPSA) is 67.2 Å². The van der Waals surface area contributed by atoms with Crippen molar-refractivity contribution in [3.8, 4) is 11.8 Å². The summed E-state index contributed by atoms with van der Waals surface area (Å²) in [5.74, 6) is -10.7. The molecule has 0 saturated heterocycles. The van der Waals surface area contributed by atoms with Crippen LogP contribution >= 0.6 is 0 Å². The van der Waals surface area contributed by atoms with Crippen LogP contribution in [0.25, 0.3) is 0 Å². The Morgan fingerprint density at radius 2 is 1.09 bits per heavy atom. The molecule has 0 unspecified atom stereocenters. The second-order valence-corrected chi connectivity index (χ2v) is 13.7. The smallest absolute Gasteiger partial charge is 0.275 e. The lowest BCUT2D eigenvalue weighted by Gasteiger charge is -2.21. The van der Waals surface area contributed by atoms with Gasteiger partial charge in [0.1, 0.15) is 5.75 Å². The lowest BCUT2D eigenvalue weighted by Crippen LogP contribution is -2.21. The monoisotopic (exact) mass is 657 g/mol. The highest BCUT2D eigenvalue weighted by molar-refractivity contribution is 7.89. The molecule has 0 fully saturated rings. The minimum atomic E-state index is -3.20. The van der Waals surface area contributed by atoms with Gasteiger partial charge in [-0.2, -0.15) is 5.26 Å². The van der Waals surface area contributed by atoms with Crippen LogP contribution in [-0.2, 0) is 33.4 Å². The van der Waals surface area contributed by atoms with E-state index in [-0.39, 0.29) is 28.0 Å². The van der Waals surface area contributed by atoms with Crippen molar-refractivity contribution in [2.24, 2.45) is 17.8 Å². The number of benzene rings is 3. The van der Waals surface area contributed by atoms with E-state index in [0.717, 1.165) is 6.26 Å². The largest absolute Gasteiger partial charge is 0.497 e. The van der Waals surface area contributed by atoms with Gasteiger partial charge < -0.3 is 4.74 Å². The van der Waals surface area contributed by atoms with Crippen LogP contribution in [0.15, 0.2) is 72.8 Å². The summed E-state index contributed by atoms with van der Waals surface area (Å²) in [6, 6.07) is 19.0. The summed E-state index contributed by atoms with van der Waals surface area (Å²) in [5, 5.41) is 8.57. The Bertz CT molecular complexity index is 1530. The van der Waals surface area contributed by atoms with E-state index >= 15 is 0 Å². The number of halogens is 6. The first-order valence-electron chi connectivity index (χ1n) is 14.1. The highest BCUT2D eigenvalue weighted by Crippen LogP contribution is 2.38. The van der Waals surface area contributed by atoms with Gasteiger partial charge in [0.15, 0.2) is 9.84 Å². The minimum absolute atomic E-state index is 0.00634. The fourth-order valence-corrected chi connectivity index (χ4v) is 4.58. The van der Waals surface area contributed by atoms with Crippen LogP contribution in [0.5, 0.6) is 5.75 Å². The summed E-state index contributed by atoms with van der Waals surface area (Å²) < 4.78 is 109. The summed E-state index contributed by atoms with van der Waals surface area (Å²) in [6.45, 7) is 8.78. The summed E-state index contributed by atoms with van der Waals surface area (Å²) in [4.78, 5) is 0. The Labute approximate surface area is 263 Å². The second-order valence-electron chi connectivity index (χ2n) is 11.5.